The molecule has 0 aromatic heterocycles. The van der Waals surface area contributed by atoms with Crippen LogP contribution in [0.4, 0.5) is 0 Å². The van der Waals surface area contributed by atoms with Gasteiger partial charge in [-0.15, -0.1) is 0 Å². The van der Waals surface area contributed by atoms with Crippen LogP contribution in [0.5, 0.6) is 0 Å². The molecule has 2 unspecified atom stereocenters. The van der Waals surface area contributed by atoms with E-state index in [0.29, 0.717) is 12.8 Å². The standard InChI is InChI=1S/C10H22N2O2/c1-4-8(11)9(14)12-10(3,5-2)6-7-13/h8,13H,4-7,11H2,1-3H3,(H,12,14). The van der Waals surface area contributed by atoms with E-state index in [9.17, 15) is 4.79 Å². The summed E-state index contributed by atoms with van der Waals surface area (Å²) in [6.07, 6.45) is 1.98. The number of hydrogen-bond donors (Lipinski definition) is 3. The van der Waals surface area contributed by atoms with Gasteiger partial charge in [-0.05, 0) is 26.2 Å². The summed E-state index contributed by atoms with van der Waals surface area (Å²) >= 11 is 0. The first-order valence-corrected chi connectivity index (χ1v) is 5.17. The van der Waals surface area contributed by atoms with E-state index in [1.54, 1.807) is 0 Å². The molecule has 0 aliphatic heterocycles. The van der Waals surface area contributed by atoms with Crippen LogP contribution >= 0.6 is 0 Å². The number of carbonyl (C=O) groups is 1. The van der Waals surface area contributed by atoms with Crippen molar-refractivity contribution in [3.05, 3.63) is 0 Å². The third-order valence-corrected chi connectivity index (χ3v) is 2.65. The molecule has 1 amide bonds. The number of carbonyl (C=O) groups excluding carboxylic acids is 1. The summed E-state index contributed by atoms with van der Waals surface area (Å²) in [6, 6.07) is -0.445. The minimum Gasteiger partial charge on any atom is -0.396 e. The van der Waals surface area contributed by atoms with Crippen molar-refractivity contribution in [1.29, 1.82) is 0 Å². The largest absolute Gasteiger partial charge is 0.396 e. The fourth-order valence-electron chi connectivity index (χ4n) is 1.15. The number of nitrogens with two attached hydrogens (primary N) is 1. The van der Waals surface area contributed by atoms with Crippen molar-refractivity contribution < 1.29 is 9.90 Å². The summed E-state index contributed by atoms with van der Waals surface area (Å²) < 4.78 is 0. The minimum atomic E-state index is -0.445. The first-order valence-electron chi connectivity index (χ1n) is 5.17. The lowest BCUT2D eigenvalue weighted by Crippen LogP contribution is -2.52. The van der Waals surface area contributed by atoms with Crippen molar-refractivity contribution in [1.82, 2.24) is 5.32 Å². The summed E-state index contributed by atoms with van der Waals surface area (Å²) in [7, 11) is 0. The molecule has 0 heterocycles. The van der Waals surface area contributed by atoms with Gasteiger partial charge < -0.3 is 16.2 Å². The highest BCUT2D eigenvalue weighted by Gasteiger charge is 2.25. The van der Waals surface area contributed by atoms with E-state index in [-0.39, 0.29) is 18.1 Å². The summed E-state index contributed by atoms with van der Waals surface area (Å²) in [6.45, 7) is 5.85. The van der Waals surface area contributed by atoms with Crippen LogP contribution in [0.15, 0.2) is 0 Å². The first-order chi connectivity index (χ1) is 6.49. The van der Waals surface area contributed by atoms with Crippen molar-refractivity contribution >= 4 is 5.91 Å². The normalized spacial score (nSPS) is 17.2. The molecule has 0 saturated heterocycles. The van der Waals surface area contributed by atoms with Crippen LogP contribution in [-0.4, -0.2) is 29.2 Å². The van der Waals surface area contributed by atoms with E-state index in [1.807, 2.05) is 20.8 Å². The number of amides is 1. The Labute approximate surface area is 85.9 Å². The molecule has 0 aliphatic carbocycles. The lowest BCUT2D eigenvalue weighted by Gasteiger charge is -2.30. The van der Waals surface area contributed by atoms with Crippen LogP contribution in [0.2, 0.25) is 0 Å². The van der Waals surface area contributed by atoms with E-state index >= 15 is 0 Å². The predicted octanol–water partition coefficient (Wildman–Crippen LogP) is 0.391. The van der Waals surface area contributed by atoms with Crippen LogP contribution in [0.1, 0.15) is 40.0 Å². The van der Waals surface area contributed by atoms with Crippen molar-refractivity contribution in [2.45, 2.75) is 51.6 Å². The predicted molar refractivity (Wildman–Crippen MR) is 56.8 cm³/mol. The molecule has 0 radical (unpaired) electrons. The maximum absolute atomic E-state index is 11.5. The molecule has 4 nitrogen and oxygen atoms in total. The minimum absolute atomic E-state index is 0.0754. The van der Waals surface area contributed by atoms with Gasteiger partial charge in [0, 0.05) is 12.1 Å². The number of aliphatic hydroxyl groups is 1. The van der Waals surface area contributed by atoms with Gasteiger partial charge >= 0.3 is 0 Å². The average molecular weight is 202 g/mol. The zero-order valence-corrected chi connectivity index (χ0v) is 9.34. The Kier molecular flexibility index (Phi) is 5.72. The molecule has 0 spiro atoms. The molecule has 0 fully saturated rings. The topological polar surface area (TPSA) is 75.4 Å². The Morgan fingerprint density at radius 1 is 1.57 bits per heavy atom. The quantitative estimate of drug-likeness (QED) is 0.583. The molecular weight excluding hydrogens is 180 g/mol. The number of aliphatic hydroxyl groups excluding tert-OH is 1. The molecule has 0 aromatic rings. The molecule has 0 aliphatic rings. The van der Waals surface area contributed by atoms with E-state index in [2.05, 4.69) is 5.32 Å². The molecule has 2 atom stereocenters. The van der Waals surface area contributed by atoms with Gasteiger partial charge in [-0.3, -0.25) is 4.79 Å². The van der Waals surface area contributed by atoms with Crippen LogP contribution < -0.4 is 11.1 Å². The zero-order valence-electron chi connectivity index (χ0n) is 9.34. The van der Waals surface area contributed by atoms with Crippen LogP contribution in [0.3, 0.4) is 0 Å². The van der Waals surface area contributed by atoms with Crippen LogP contribution in [0.25, 0.3) is 0 Å². The maximum Gasteiger partial charge on any atom is 0.237 e. The summed E-state index contributed by atoms with van der Waals surface area (Å²) in [4.78, 5) is 11.5. The number of hydrogen-bond acceptors (Lipinski definition) is 3. The Morgan fingerprint density at radius 2 is 2.14 bits per heavy atom. The summed E-state index contributed by atoms with van der Waals surface area (Å²) in [5, 5.41) is 11.7. The van der Waals surface area contributed by atoms with Gasteiger partial charge in [0.2, 0.25) is 5.91 Å². The van der Waals surface area contributed by atoms with E-state index in [1.165, 1.54) is 0 Å². The molecule has 4 N–H and O–H groups in total. The SMILES string of the molecule is CCC(N)C(=O)NC(C)(CC)CCO. The van der Waals surface area contributed by atoms with Gasteiger partial charge in [0.15, 0.2) is 0 Å². The Balaban J connectivity index is 4.23. The highest BCUT2D eigenvalue weighted by Crippen LogP contribution is 2.13. The average Bonchev–Trinajstić information content (AvgIpc) is 2.16. The van der Waals surface area contributed by atoms with E-state index in [0.717, 1.165) is 6.42 Å². The van der Waals surface area contributed by atoms with Gasteiger partial charge in [-0.2, -0.15) is 0 Å². The molecule has 14 heavy (non-hydrogen) atoms. The second kappa shape index (κ2) is 5.98. The Hall–Kier alpha value is -0.610. The van der Waals surface area contributed by atoms with E-state index in [4.69, 9.17) is 10.8 Å². The molecule has 0 saturated carbocycles. The van der Waals surface area contributed by atoms with E-state index < -0.39 is 6.04 Å². The fraction of sp³-hybridized carbons (Fsp3) is 0.900. The highest BCUT2D eigenvalue weighted by molar-refractivity contribution is 5.82. The molecule has 4 heteroatoms. The Bertz CT molecular complexity index is 185. The lowest BCUT2D eigenvalue weighted by molar-refractivity contribution is -0.124. The second-order valence-electron chi connectivity index (χ2n) is 3.89. The van der Waals surface area contributed by atoms with Gasteiger partial charge in [0.1, 0.15) is 0 Å². The number of nitrogens with one attached hydrogen (secondary N) is 1. The van der Waals surface area contributed by atoms with Crippen LogP contribution in [-0.2, 0) is 4.79 Å². The second-order valence-corrected chi connectivity index (χ2v) is 3.89. The monoisotopic (exact) mass is 202 g/mol. The van der Waals surface area contributed by atoms with Gasteiger partial charge in [0.05, 0.1) is 6.04 Å². The highest BCUT2D eigenvalue weighted by atomic mass is 16.3. The smallest absolute Gasteiger partial charge is 0.237 e. The maximum atomic E-state index is 11.5. The third-order valence-electron chi connectivity index (χ3n) is 2.65. The fourth-order valence-corrected chi connectivity index (χ4v) is 1.15. The first kappa shape index (κ1) is 13.4. The van der Waals surface area contributed by atoms with Gasteiger partial charge in [-0.1, -0.05) is 13.8 Å². The third kappa shape index (κ3) is 4.07. The number of rotatable bonds is 6. The molecular formula is C10H22N2O2. The summed E-state index contributed by atoms with van der Waals surface area (Å²) in [5.41, 5.74) is 5.27. The molecule has 0 bridgehead atoms. The van der Waals surface area contributed by atoms with Gasteiger partial charge in [0.25, 0.3) is 0 Å². The molecule has 0 aromatic carbocycles. The molecule has 84 valence electrons. The van der Waals surface area contributed by atoms with Crippen molar-refractivity contribution in [3.8, 4) is 0 Å². The Morgan fingerprint density at radius 3 is 2.50 bits per heavy atom. The van der Waals surface area contributed by atoms with Crippen molar-refractivity contribution in [2.24, 2.45) is 5.73 Å². The van der Waals surface area contributed by atoms with Crippen molar-refractivity contribution in [2.75, 3.05) is 6.61 Å². The summed E-state index contributed by atoms with van der Waals surface area (Å²) in [5.74, 6) is -0.134. The van der Waals surface area contributed by atoms with Gasteiger partial charge in [-0.25, -0.2) is 0 Å². The van der Waals surface area contributed by atoms with Crippen LogP contribution in [0, 0.1) is 0 Å². The molecule has 0 rings (SSSR count). The zero-order chi connectivity index (χ0) is 11.2. The van der Waals surface area contributed by atoms with Crippen molar-refractivity contribution in [3.63, 3.8) is 0 Å². The lowest BCUT2D eigenvalue weighted by atomic mass is 9.94.